The molecule has 0 aliphatic carbocycles. The van der Waals surface area contributed by atoms with E-state index in [4.69, 9.17) is 23.4 Å². The minimum absolute atomic E-state index is 0.0838. The fraction of sp³-hybridized carbons (Fsp3) is 0.344. The van der Waals surface area contributed by atoms with Gasteiger partial charge in [-0.15, -0.1) is 0 Å². The standard InChI is InChI=1S/C32H36N2O6S/c1-23-7-16-29(17-8-23)41(35,36)39-22-28(40-32-6-4-5-19-37-32)21-38-27-15-11-25-12-18-30(33-31(25)20-27)24-9-13-26(14-10-24)34(2)3/h7-18,20,28,32H,4-6,19,21-22H2,1-3H3. The fourth-order valence-corrected chi connectivity index (χ4v) is 5.50. The van der Waals surface area contributed by atoms with Crippen LogP contribution in [0.3, 0.4) is 0 Å². The minimum atomic E-state index is -3.95. The average Bonchev–Trinajstić information content (AvgIpc) is 2.99. The van der Waals surface area contributed by atoms with E-state index in [-0.39, 0.29) is 18.1 Å². The first-order valence-electron chi connectivity index (χ1n) is 13.8. The Labute approximate surface area is 242 Å². The summed E-state index contributed by atoms with van der Waals surface area (Å²) in [7, 11) is 0.0708. The normalized spacial score (nSPS) is 16.4. The summed E-state index contributed by atoms with van der Waals surface area (Å²) < 4.78 is 48.9. The summed E-state index contributed by atoms with van der Waals surface area (Å²) in [4.78, 5) is 7.02. The Balaban J connectivity index is 1.29. The predicted octanol–water partition coefficient (Wildman–Crippen LogP) is 5.97. The molecule has 0 saturated carbocycles. The molecule has 0 bridgehead atoms. The molecule has 41 heavy (non-hydrogen) atoms. The first kappa shape index (κ1) is 29.0. The first-order valence-corrected chi connectivity index (χ1v) is 15.2. The second-order valence-electron chi connectivity index (χ2n) is 10.4. The molecule has 8 nitrogen and oxygen atoms in total. The summed E-state index contributed by atoms with van der Waals surface area (Å²) >= 11 is 0. The second-order valence-corrected chi connectivity index (χ2v) is 12.0. The number of nitrogens with zero attached hydrogens (tertiary/aromatic N) is 2. The van der Waals surface area contributed by atoms with Gasteiger partial charge in [0.1, 0.15) is 18.5 Å². The lowest BCUT2D eigenvalue weighted by atomic mass is 10.1. The van der Waals surface area contributed by atoms with E-state index in [1.54, 1.807) is 12.1 Å². The van der Waals surface area contributed by atoms with Crippen molar-refractivity contribution in [1.82, 2.24) is 4.98 Å². The van der Waals surface area contributed by atoms with Crippen molar-refractivity contribution in [3.05, 3.63) is 84.4 Å². The van der Waals surface area contributed by atoms with Crippen LogP contribution < -0.4 is 9.64 Å². The van der Waals surface area contributed by atoms with E-state index in [1.165, 1.54) is 12.1 Å². The molecule has 2 atom stereocenters. The Bertz CT molecular complexity index is 1550. The highest BCUT2D eigenvalue weighted by Crippen LogP contribution is 2.26. The summed E-state index contributed by atoms with van der Waals surface area (Å²) in [6.45, 7) is 2.39. The van der Waals surface area contributed by atoms with E-state index in [1.807, 2.05) is 51.4 Å². The van der Waals surface area contributed by atoms with Gasteiger partial charge in [0.2, 0.25) is 0 Å². The van der Waals surface area contributed by atoms with Crippen LogP contribution in [0.15, 0.2) is 83.8 Å². The highest BCUT2D eigenvalue weighted by molar-refractivity contribution is 7.86. The number of ether oxygens (including phenoxy) is 3. The maximum atomic E-state index is 12.8. The summed E-state index contributed by atoms with van der Waals surface area (Å²) in [5.74, 6) is 0.602. The first-order chi connectivity index (χ1) is 19.8. The van der Waals surface area contributed by atoms with Gasteiger partial charge in [0.25, 0.3) is 10.1 Å². The molecule has 2 heterocycles. The third kappa shape index (κ3) is 7.62. The maximum Gasteiger partial charge on any atom is 0.297 e. The van der Waals surface area contributed by atoms with Crippen LogP contribution in [-0.4, -0.2) is 59.7 Å². The van der Waals surface area contributed by atoms with Crippen molar-refractivity contribution in [3.8, 4) is 17.0 Å². The van der Waals surface area contributed by atoms with E-state index in [9.17, 15) is 8.42 Å². The molecule has 0 N–H and O–H groups in total. The zero-order chi connectivity index (χ0) is 28.8. The number of fused-ring (bicyclic) bond motifs is 1. The molecule has 9 heteroatoms. The summed E-state index contributed by atoms with van der Waals surface area (Å²) in [6.07, 6.45) is 1.60. The molecule has 216 valence electrons. The van der Waals surface area contributed by atoms with Crippen LogP contribution in [0.5, 0.6) is 5.75 Å². The molecular formula is C32H36N2O6S. The van der Waals surface area contributed by atoms with E-state index >= 15 is 0 Å². The molecule has 1 aromatic heterocycles. The van der Waals surface area contributed by atoms with Crippen LogP contribution in [0.25, 0.3) is 22.2 Å². The number of hydrogen-bond donors (Lipinski definition) is 0. The van der Waals surface area contributed by atoms with Crippen molar-refractivity contribution >= 4 is 26.7 Å². The number of hydrogen-bond acceptors (Lipinski definition) is 8. The third-order valence-corrected chi connectivity index (χ3v) is 8.28. The molecule has 1 aliphatic rings. The molecule has 5 rings (SSSR count). The Morgan fingerprint density at radius 1 is 0.951 bits per heavy atom. The van der Waals surface area contributed by atoms with Crippen LogP contribution >= 0.6 is 0 Å². The third-order valence-electron chi connectivity index (χ3n) is 6.98. The van der Waals surface area contributed by atoms with Crippen molar-refractivity contribution in [2.24, 2.45) is 0 Å². The highest BCUT2D eigenvalue weighted by Gasteiger charge is 2.24. The van der Waals surface area contributed by atoms with Crippen molar-refractivity contribution < 1.29 is 26.8 Å². The van der Waals surface area contributed by atoms with Crippen LogP contribution in [0.4, 0.5) is 5.69 Å². The van der Waals surface area contributed by atoms with Crippen LogP contribution in [-0.2, 0) is 23.8 Å². The summed E-state index contributed by atoms with van der Waals surface area (Å²) in [6, 6.07) is 24.5. The van der Waals surface area contributed by atoms with E-state index in [2.05, 4.69) is 29.2 Å². The van der Waals surface area contributed by atoms with Crippen molar-refractivity contribution in [2.75, 3.05) is 38.8 Å². The van der Waals surface area contributed by atoms with Crippen molar-refractivity contribution in [2.45, 2.75) is 43.5 Å². The van der Waals surface area contributed by atoms with Crippen molar-refractivity contribution in [1.29, 1.82) is 0 Å². The Morgan fingerprint density at radius 2 is 1.71 bits per heavy atom. The molecule has 1 aliphatic heterocycles. The van der Waals surface area contributed by atoms with E-state index in [0.717, 1.165) is 52.7 Å². The quantitative estimate of drug-likeness (QED) is 0.202. The lowest BCUT2D eigenvalue weighted by Gasteiger charge is -2.27. The number of anilines is 1. The van der Waals surface area contributed by atoms with Gasteiger partial charge in [-0.1, -0.05) is 35.9 Å². The summed E-state index contributed by atoms with van der Waals surface area (Å²) in [5.41, 5.74) is 4.77. The molecule has 0 spiro atoms. The van der Waals surface area contributed by atoms with Gasteiger partial charge in [-0.2, -0.15) is 8.42 Å². The van der Waals surface area contributed by atoms with E-state index in [0.29, 0.717) is 12.4 Å². The molecule has 0 radical (unpaired) electrons. The lowest BCUT2D eigenvalue weighted by Crippen LogP contribution is -2.35. The van der Waals surface area contributed by atoms with Gasteiger partial charge in [0.05, 0.1) is 22.7 Å². The van der Waals surface area contributed by atoms with Gasteiger partial charge in [-0.3, -0.25) is 4.18 Å². The minimum Gasteiger partial charge on any atom is -0.491 e. The number of benzene rings is 3. The van der Waals surface area contributed by atoms with Gasteiger partial charge in [-0.25, -0.2) is 4.98 Å². The van der Waals surface area contributed by atoms with Crippen LogP contribution in [0, 0.1) is 6.92 Å². The number of pyridine rings is 1. The number of aryl methyl sites for hydroxylation is 1. The van der Waals surface area contributed by atoms with Gasteiger partial charge in [0, 0.05) is 43.4 Å². The highest BCUT2D eigenvalue weighted by atomic mass is 32.2. The van der Waals surface area contributed by atoms with Gasteiger partial charge < -0.3 is 19.1 Å². The molecule has 1 saturated heterocycles. The zero-order valence-corrected chi connectivity index (χ0v) is 24.5. The van der Waals surface area contributed by atoms with Crippen LogP contribution in [0.2, 0.25) is 0 Å². The zero-order valence-electron chi connectivity index (χ0n) is 23.7. The maximum absolute atomic E-state index is 12.8. The monoisotopic (exact) mass is 576 g/mol. The van der Waals surface area contributed by atoms with Gasteiger partial charge in [-0.05, 0) is 68.7 Å². The second kappa shape index (κ2) is 13.0. The number of aromatic nitrogens is 1. The largest absolute Gasteiger partial charge is 0.491 e. The SMILES string of the molecule is Cc1ccc(S(=O)(=O)OCC(COc2ccc3ccc(-c4ccc(N(C)C)cc4)nc3c2)OC2CCCCO2)cc1. The predicted molar refractivity (Wildman–Crippen MR) is 160 cm³/mol. The number of rotatable bonds is 11. The molecule has 4 aromatic rings. The Morgan fingerprint density at radius 3 is 2.41 bits per heavy atom. The Kier molecular flexibility index (Phi) is 9.19. The summed E-state index contributed by atoms with van der Waals surface area (Å²) in [5, 5.41) is 0.988. The molecular weight excluding hydrogens is 540 g/mol. The average molecular weight is 577 g/mol. The van der Waals surface area contributed by atoms with Crippen LogP contribution in [0.1, 0.15) is 24.8 Å². The molecule has 0 amide bonds. The van der Waals surface area contributed by atoms with Crippen molar-refractivity contribution in [3.63, 3.8) is 0 Å². The topological polar surface area (TPSA) is 87.2 Å². The van der Waals surface area contributed by atoms with Gasteiger partial charge >= 0.3 is 0 Å². The molecule has 1 fully saturated rings. The fourth-order valence-electron chi connectivity index (χ4n) is 4.57. The van der Waals surface area contributed by atoms with E-state index < -0.39 is 22.5 Å². The molecule has 3 aromatic carbocycles. The molecule has 2 unspecified atom stereocenters. The Hall–Kier alpha value is -3.50. The lowest BCUT2D eigenvalue weighted by molar-refractivity contribution is -0.198. The van der Waals surface area contributed by atoms with Gasteiger partial charge in [0.15, 0.2) is 6.29 Å². The smallest absolute Gasteiger partial charge is 0.297 e.